The lowest BCUT2D eigenvalue weighted by Crippen LogP contribution is -2.49. The first kappa shape index (κ1) is 18.0. The van der Waals surface area contributed by atoms with E-state index in [-0.39, 0.29) is 5.91 Å². The summed E-state index contributed by atoms with van der Waals surface area (Å²) in [5, 5.41) is 11.4. The Morgan fingerprint density at radius 2 is 1.93 bits per heavy atom. The highest BCUT2D eigenvalue weighted by Crippen LogP contribution is 2.19. The Balaban J connectivity index is 1.41. The summed E-state index contributed by atoms with van der Waals surface area (Å²) in [6, 6.07) is 9.53. The molecule has 0 radical (unpaired) electrons. The van der Waals surface area contributed by atoms with Crippen LogP contribution in [0.2, 0.25) is 0 Å². The maximum Gasteiger partial charge on any atom is 0.289 e. The molecule has 0 bridgehead atoms. The molecular formula is C20H22N6O2. The van der Waals surface area contributed by atoms with Crippen molar-refractivity contribution in [1.29, 1.82) is 0 Å². The monoisotopic (exact) mass is 378 g/mol. The number of rotatable bonds is 4. The number of nitrogens with one attached hydrogen (secondary N) is 1. The van der Waals surface area contributed by atoms with Gasteiger partial charge in [0, 0.05) is 31.9 Å². The Morgan fingerprint density at radius 1 is 1.11 bits per heavy atom. The van der Waals surface area contributed by atoms with Crippen LogP contribution in [0.3, 0.4) is 0 Å². The van der Waals surface area contributed by atoms with Crippen molar-refractivity contribution in [2.75, 3.05) is 36.4 Å². The first-order valence-corrected chi connectivity index (χ1v) is 9.22. The van der Waals surface area contributed by atoms with Crippen LogP contribution in [-0.4, -0.2) is 52.2 Å². The van der Waals surface area contributed by atoms with E-state index in [9.17, 15) is 4.79 Å². The molecule has 0 unspecified atom stereocenters. The predicted octanol–water partition coefficient (Wildman–Crippen LogP) is 2.79. The zero-order chi connectivity index (χ0) is 19.5. The number of amides is 1. The van der Waals surface area contributed by atoms with Gasteiger partial charge in [0.2, 0.25) is 5.95 Å². The minimum atomic E-state index is -0.0810. The van der Waals surface area contributed by atoms with E-state index in [4.69, 9.17) is 4.42 Å². The van der Waals surface area contributed by atoms with Crippen molar-refractivity contribution in [2.45, 2.75) is 13.8 Å². The highest BCUT2D eigenvalue weighted by Gasteiger charge is 2.24. The number of hydrogen-bond acceptors (Lipinski definition) is 7. The summed E-state index contributed by atoms with van der Waals surface area (Å²) in [6.07, 6.45) is 3.16. The number of benzene rings is 1. The van der Waals surface area contributed by atoms with Crippen molar-refractivity contribution in [1.82, 2.24) is 20.1 Å². The van der Waals surface area contributed by atoms with Crippen LogP contribution in [-0.2, 0) is 0 Å². The number of nitrogens with zero attached hydrogens (tertiary/aromatic N) is 5. The highest BCUT2D eigenvalue weighted by molar-refractivity contribution is 5.91. The number of carbonyl (C=O) groups excluding carboxylic acids is 1. The van der Waals surface area contributed by atoms with E-state index in [1.54, 1.807) is 23.2 Å². The lowest BCUT2D eigenvalue weighted by molar-refractivity contribution is 0.0714. The van der Waals surface area contributed by atoms with Gasteiger partial charge >= 0.3 is 0 Å². The van der Waals surface area contributed by atoms with E-state index in [0.717, 1.165) is 11.5 Å². The minimum Gasteiger partial charge on any atom is -0.459 e. The Morgan fingerprint density at radius 3 is 2.64 bits per heavy atom. The Labute approximate surface area is 163 Å². The van der Waals surface area contributed by atoms with Gasteiger partial charge in [-0.25, -0.2) is 0 Å². The van der Waals surface area contributed by atoms with E-state index in [1.165, 1.54) is 17.4 Å². The van der Waals surface area contributed by atoms with Crippen LogP contribution >= 0.6 is 0 Å². The summed E-state index contributed by atoms with van der Waals surface area (Å²) < 4.78 is 5.20. The zero-order valence-corrected chi connectivity index (χ0v) is 15.9. The number of aryl methyl sites for hydroxylation is 2. The van der Waals surface area contributed by atoms with E-state index < -0.39 is 0 Å². The lowest BCUT2D eigenvalue weighted by atomic mass is 10.1. The second-order valence-electron chi connectivity index (χ2n) is 6.82. The number of aromatic nitrogens is 3. The normalized spacial score (nSPS) is 14.2. The molecule has 1 N–H and O–H groups in total. The van der Waals surface area contributed by atoms with Crippen molar-refractivity contribution < 1.29 is 9.21 Å². The topological polar surface area (TPSA) is 87.4 Å². The first-order valence-electron chi connectivity index (χ1n) is 9.22. The maximum atomic E-state index is 12.4. The molecule has 0 spiro atoms. The summed E-state index contributed by atoms with van der Waals surface area (Å²) in [7, 11) is 0. The van der Waals surface area contributed by atoms with Crippen LogP contribution in [0.25, 0.3) is 0 Å². The molecule has 4 rings (SSSR count). The third-order valence-corrected chi connectivity index (χ3v) is 4.93. The van der Waals surface area contributed by atoms with Crippen LogP contribution in [0.4, 0.5) is 17.5 Å². The summed E-state index contributed by atoms with van der Waals surface area (Å²) >= 11 is 0. The number of anilines is 3. The molecule has 144 valence electrons. The molecule has 0 aliphatic carbocycles. The van der Waals surface area contributed by atoms with Crippen LogP contribution < -0.4 is 10.2 Å². The fourth-order valence-corrected chi connectivity index (χ4v) is 3.14. The van der Waals surface area contributed by atoms with Crippen LogP contribution in [0, 0.1) is 13.8 Å². The molecule has 1 saturated heterocycles. The fourth-order valence-electron chi connectivity index (χ4n) is 3.14. The molecule has 1 aromatic carbocycles. The molecule has 0 atom stereocenters. The number of furan rings is 1. The Hall–Kier alpha value is -3.42. The van der Waals surface area contributed by atoms with Crippen molar-refractivity contribution in [2.24, 2.45) is 0 Å². The molecule has 8 nitrogen and oxygen atoms in total. The number of piperazine rings is 1. The summed E-state index contributed by atoms with van der Waals surface area (Å²) in [6.45, 7) is 6.70. The van der Waals surface area contributed by atoms with Gasteiger partial charge in [-0.2, -0.15) is 10.1 Å². The molecule has 0 saturated carbocycles. The highest BCUT2D eigenvalue weighted by atomic mass is 16.3. The molecule has 3 aromatic rings. The van der Waals surface area contributed by atoms with E-state index in [0.29, 0.717) is 37.9 Å². The second-order valence-corrected chi connectivity index (χ2v) is 6.82. The lowest BCUT2D eigenvalue weighted by Gasteiger charge is -2.34. The SMILES string of the molecule is Cc1ccc(Nc2nncc(N3CCN(C(=O)c4ccco4)CC3)n2)cc1C. The molecule has 1 aliphatic heterocycles. The first-order chi connectivity index (χ1) is 13.6. The van der Waals surface area contributed by atoms with Crippen LogP contribution in [0.1, 0.15) is 21.7 Å². The third-order valence-electron chi connectivity index (χ3n) is 4.93. The average molecular weight is 378 g/mol. The fraction of sp³-hybridized carbons (Fsp3) is 0.300. The molecule has 3 heterocycles. The minimum absolute atomic E-state index is 0.0810. The van der Waals surface area contributed by atoms with Gasteiger partial charge in [0.25, 0.3) is 5.91 Å². The predicted molar refractivity (Wildman–Crippen MR) is 106 cm³/mol. The molecule has 1 aliphatic rings. The number of carbonyl (C=O) groups is 1. The zero-order valence-electron chi connectivity index (χ0n) is 15.9. The maximum absolute atomic E-state index is 12.4. The second kappa shape index (κ2) is 7.67. The van der Waals surface area contributed by atoms with Gasteiger partial charge in [-0.05, 0) is 49.2 Å². The van der Waals surface area contributed by atoms with Gasteiger partial charge < -0.3 is 19.5 Å². The standard InChI is InChI=1S/C20H22N6O2/c1-14-5-6-16(12-15(14)2)22-20-23-18(13-21-24-20)25-7-9-26(10-8-25)19(27)17-4-3-11-28-17/h3-6,11-13H,7-10H2,1-2H3,(H,22,23,24). The van der Waals surface area contributed by atoms with Crippen LogP contribution in [0.5, 0.6) is 0 Å². The molecule has 1 fully saturated rings. The van der Waals surface area contributed by atoms with Gasteiger partial charge in [-0.15, -0.1) is 5.10 Å². The molecule has 8 heteroatoms. The van der Waals surface area contributed by atoms with Gasteiger partial charge in [0.1, 0.15) is 0 Å². The Bertz CT molecular complexity index is 965. The van der Waals surface area contributed by atoms with Crippen LogP contribution in [0.15, 0.2) is 47.2 Å². The summed E-state index contributed by atoms with van der Waals surface area (Å²) in [4.78, 5) is 20.9. The molecule has 1 amide bonds. The van der Waals surface area contributed by atoms with E-state index in [2.05, 4.69) is 51.4 Å². The van der Waals surface area contributed by atoms with E-state index >= 15 is 0 Å². The largest absolute Gasteiger partial charge is 0.459 e. The van der Waals surface area contributed by atoms with Gasteiger partial charge in [0.05, 0.1) is 12.5 Å². The van der Waals surface area contributed by atoms with Gasteiger partial charge in [-0.1, -0.05) is 6.07 Å². The van der Waals surface area contributed by atoms with Crippen molar-refractivity contribution in [3.8, 4) is 0 Å². The summed E-state index contributed by atoms with van der Waals surface area (Å²) in [5.74, 6) is 1.49. The smallest absolute Gasteiger partial charge is 0.289 e. The van der Waals surface area contributed by atoms with Crippen molar-refractivity contribution >= 4 is 23.4 Å². The third kappa shape index (κ3) is 3.80. The molecule has 28 heavy (non-hydrogen) atoms. The quantitative estimate of drug-likeness (QED) is 0.747. The summed E-state index contributed by atoms with van der Waals surface area (Å²) in [5.41, 5.74) is 3.36. The molecular weight excluding hydrogens is 356 g/mol. The average Bonchev–Trinajstić information content (AvgIpc) is 3.25. The van der Waals surface area contributed by atoms with Crippen molar-refractivity contribution in [3.63, 3.8) is 0 Å². The van der Waals surface area contributed by atoms with Gasteiger partial charge in [-0.3, -0.25) is 4.79 Å². The van der Waals surface area contributed by atoms with E-state index in [1.807, 2.05) is 6.07 Å². The Kier molecular flexibility index (Phi) is 4.92. The van der Waals surface area contributed by atoms with Crippen molar-refractivity contribution in [3.05, 3.63) is 59.7 Å². The molecule has 2 aromatic heterocycles. The number of hydrogen-bond donors (Lipinski definition) is 1. The van der Waals surface area contributed by atoms with Gasteiger partial charge in [0.15, 0.2) is 11.6 Å².